The Balaban J connectivity index is 1.79. The quantitative estimate of drug-likeness (QED) is 0.734. The van der Waals surface area contributed by atoms with E-state index in [1.165, 1.54) is 19.0 Å². The van der Waals surface area contributed by atoms with Crippen LogP contribution in [-0.4, -0.2) is 24.7 Å². The summed E-state index contributed by atoms with van der Waals surface area (Å²) in [6.45, 7) is 0.170. The predicted octanol–water partition coefficient (Wildman–Crippen LogP) is 0.335. The molecule has 3 rings (SSSR count). The van der Waals surface area contributed by atoms with Gasteiger partial charge < -0.3 is 5.73 Å². The van der Waals surface area contributed by atoms with Crippen LogP contribution in [0.5, 0.6) is 0 Å². The number of fused-ring (bicyclic) bond motifs is 2. The number of aromatic amines is 1. The van der Waals surface area contributed by atoms with Gasteiger partial charge in [0.05, 0.1) is 6.20 Å². The summed E-state index contributed by atoms with van der Waals surface area (Å²) < 4.78 is 27.3. The maximum absolute atomic E-state index is 12.3. The third-order valence-electron chi connectivity index (χ3n) is 4.21. The van der Waals surface area contributed by atoms with Gasteiger partial charge in [-0.25, -0.2) is 13.1 Å². The zero-order valence-corrected chi connectivity index (χ0v) is 10.9. The molecule has 18 heavy (non-hydrogen) atoms. The highest BCUT2D eigenvalue weighted by Crippen LogP contribution is 2.44. The van der Waals surface area contributed by atoms with Gasteiger partial charge in [0.25, 0.3) is 10.0 Å². The van der Waals surface area contributed by atoms with E-state index < -0.39 is 10.0 Å². The van der Waals surface area contributed by atoms with Gasteiger partial charge in [0.15, 0.2) is 5.03 Å². The highest BCUT2D eigenvalue weighted by Gasteiger charge is 2.41. The van der Waals surface area contributed by atoms with Crippen LogP contribution in [0.3, 0.4) is 0 Å². The molecule has 0 saturated heterocycles. The van der Waals surface area contributed by atoms with Gasteiger partial charge in [-0.3, -0.25) is 5.10 Å². The van der Waals surface area contributed by atoms with Crippen LogP contribution in [0, 0.1) is 11.8 Å². The summed E-state index contributed by atoms with van der Waals surface area (Å²) in [5.74, 6) is 1.22. The summed E-state index contributed by atoms with van der Waals surface area (Å²) in [6.07, 6.45) is 6.00. The number of H-pyrrole nitrogens is 1. The van der Waals surface area contributed by atoms with E-state index in [0.29, 0.717) is 17.4 Å². The Bertz CT molecular complexity index is 539. The molecule has 6 nitrogen and oxygen atoms in total. The lowest BCUT2D eigenvalue weighted by atomic mass is 9.96. The average Bonchev–Trinajstić information content (AvgIpc) is 3.03. The molecule has 2 aliphatic carbocycles. The normalized spacial score (nSPS) is 31.1. The molecule has 0 aromatic carbocycles. The van der Waals surface area contributed by atoms with Gasteiger partial charge in [-0.15, -0.1) is 0 Å². The minimum Gasteiger partial charge on any atom is -0.326 e. The summed E-state index contributed by atoms with van der Waals surface area (Å²) in [4.78, 5) is 0. The van der Waals surface area contributed by atoms with Crippen molar-refractivity contribution < 1.29 is 8.42 Å². The van der Waals surface area contributed by atoms with E-state index >= 15 is 0 Å². The number of rotatable bonds is 4. The number of nitrogens with zero attached hydrogens (tertiary/aromatic N) is 1. The maximum Gasteiger partial charge on any atom is 0.258 e. The number of aromatic nitrogens is 2. The summed E-state index contributed by atoms with van der Waals surface area (Å²) in [5.41, 5.74) is 6.04. The van der Waals surface area contributed by atoms with Crippen molar-refractivity contribution >= 4 is 10.0 Å². The molecule has 100 valence electrons. The molecule has 1 heterocycles. The van der Waals surface area contributed by atoms with Crippen molar-refractivity contribution in [3.8, 4) is 0 Å². The van der Waals surface area contributed by atoms with Gasteiger partial charge in [0.1, 0.15) is 0 Å². The van der Waals surface area contributed by atoms with Crippen LogP contribution >= 0.6 is 0 Å². The summed E-state index contributed by atoms with van der Waals surface area (Å²) >= 11 is 0. The zero-order chi connectivity index (χ0) is 12.8. The van der Waals surface area contributed by atoms with Crippen LogP contribution < -0.4 is 10.5 Å². The van der Waals surface area contributed by atoms with E-state index in [9.17, 15) is 8.42 Å². The smallest absolute Gasteiger partial charge is 0.258 e. The third kappa shape index (κ3) is 1.96. The summed E-state index contributed by atoms with van der Waals surface area (Å²) in [7, 11) is -3.51. The van der Waals surface area contributed by atoms with E-state index in [4.69, 9.17) is 5.73 Å². The highest BCUT2D eigenvalue weighted by molar-refractivity contribution is 7.89. The first kappa shape index (κ1) is 12.1. The molecule has 4 N–H and O–H groups in total. The lowest BCUT2D eigenvalue weighted by Gasteiger charge is -2.22. The summed E-state index contributed by atoms with van der Waals surface area (Å²) in [6, 6.07) is 0.0858. The fraction of sp³-hybridized carbons (Fsp3) is 0.727. The van der Waals surface area contributed by atoms with Crippen molar-refractivity contribution in [1.29, 1.82) is 0 Å². The van der Waals surface area contributed by atoms with Crippen molar-refractivity contribution in [1.82, 2.24) is 14.9 Å². The molecule has 7 heteroatoms. The molecule has 2 bridgehead atoms. The first-order valence-electron chi connectivity index (χ1n) is 6.35. The van der Waals surface area contributed by atoms with Crippen molar-refractivity contribution in [2.75, 3.05) is 0 Å². The Morgan fingerprint density at radius 1 is 1.44 bits per heavy atom. The van der Waals surface area contributed by atoms with Crippen molar-refractivity contribution in [2.45, 2.75) is 43.3 Å². The van der Waals surface area contributed by atoms with Crippen molar-refractivity contribution in [3.05, 3.63) is 11.8 Å². The zero-order valence-electron chi connectivity index (χ0n) is 10.1. The van der Waals surface area contributed by atoms with Gasteiger partial charge >= 0.3 is 0 Å². The van der Waals surface area contributed by atoms with Gasteiger partial charge in [0.2, 0.25) is 0 Å². The van der Waals surface area contributed by atoms with Crippen LogP contribution in [0.1, 0.15) is 31.2 Å². The molecular weight excluding hydrogens is 252 g/mol. The fourth-order valence-corrected chi connectivity index (χ4v) is 4.78. The van der Waals surface area contributed by atoms with Gasteiger partial charge in [0, 0.05) is 18.2 Å². The lowest BCUT2D eigenvalue weighted by Crippen LogP contribution is -2.39. The fourth-order valence-electron chi connectivity index (χ4n) is 3.32. The highest BCUT2D eigenvalue weighted by atomic mass is 32.2. The minimum atomic E-state index is -3.51. The maximum atomic E-state index is 12.3. The Hall–Kier alpha value is -0.920. The standard InChI is InChI=1S/C11H18N4O2S/c12-5-9-6-13-14-11(9)18(16,17)15-10-4-7-1-2-8(10)3-7/h6-8,10,15H,1-5,12H2,(H,13,14). The van der Waals surface area contributed by atoms with E-state index in [0.717, 1.165) is 12.8 Å². The molecule has 0 aliphatic heterocycles. The number of sulfonamides is 1. The molecule has 3 unspecified atom stereocenters. The van der Waals surface area contributed by atoms with Gasteiger partial charge in [-0.05, 0) is 31.1 Å². The molecule has 3 atom stereocenters. The largest absolute Gasteiger partial charge is 0.326 e. The second kappa shape index (κ2) is 4.32. The first-order valence-corrected chi connectivity index (χ1v) is 7.83. The predicted molar refractivity (Wildman–Crippen MR) is 66.0 cm³/mol. The van der Waals surface area contributed by atoms with E-state index in [1.807, 2.05) is 0 Å². The number of hydrogen-bond acceptors (Lipinski definition) is 4. The molecule has 2 fully saturated rings. The molecule has 2 aliphatic rings. The Labute approximate surface area is 106 Å². The molecule has 1 aromatic heterocycles. The third-order valence-corrected chi connectivity index (χ3v) is 5.72. The topological polar surface area (TPSA) is 101 Å². The monoisotopic (exact) mass is 270 g/mol. The SMILES string of the molecule is NCc1cn[nH]c1S(=O)(=O)NC1CC2CCC1C2. The minimum absolute atomic E-state index is 0.0858. The summed E-state index contributed by atoms with van der Waals surface area (Å²) in [5, 5.41) is 6.41. The number of nitrogens with two attached hydrogens (primary N) is 1. The Morgan fingerprint density at radius 3 is 2.89 bits per heavy atom. The van der Waals surface area contributed by atoms with E-state index in [-0.39, 0.29) is 17.6 Å². The van der Waals surface area contributed by atoms with Gasteiger partial charge in [-0.2, -0.15) is 5.10 Å². The Morgan fingerprint density at radius 2 is 2.28 bits per heavy atom. The molecule has 0 spiro atoms. The lowest BCUT2D eigenvalue weighted by molar-refractivity contribution is 0.389. The van der Waals surface area contributed by atoms with Crippen LogP contribution in [0.25, 0.3) is 0 Å². The van der Waals surface area contributed by atoms with E-state index in [1.54, 1.807) is 0 Å². The average molecular weight is 270 g/mol. The second-order valence-corrected chi connectivity index (χ2v) is 6.98. The Kier molecular flexibility index (Phi) is 2.91. The van der Waals surface area contributed by atoms with Crippen molar-refractivity contribution in [2.24, 2.45) is 17.6 Å². The molecular formula is C11H18N4O2S. The van der Waals surface area contributed by atoms with Crippen LogP contribution in [-0.2, 0) is 16.6 Å². The number of nitrogens with one attached hydrogen (secondary N) is 2. The molecule has 1 aromatic rings. The van der Waals surface area contributed by atoms with Crippen LogP contribution in [0.4, 0.5) is 0 Å². The molecule has 0 amide bonds. The van der Waals surface area contributed by atoms with E-state index in [2.05, 4.69) is 14.9 Å². The first-order chi connectivity index (χ1) is 8.60. The number of hydrogen-bond donors (Lipinski definition) is 3. The van der Waals surface area contributed by atoms with Gasteiger partial charge in [-0.1, -0.05) is 6.42 Å². The molecule has 2 saturated carbocycles. The van der Waals surface area contributed by atoms with Crippen LogP contribution in [0.15, 0.2) is 11.2 Å². The van der Waals surface area contributed by atoms with Crippen molar-refractivity contribution in [3.63, 3.8) is 0 Å². The van der Waals surface area contributed by atoms with Crippen LogP contribution in [0.2, 0.25) is 0 Å². The second-order valence-electron chi connectivity index (χ2n) is 5.33. The molecule has 0 radical (unpaired) electrons.